The number of nitrogens with zero attached hydrogens (tertiary/aromatic N) is 1. The van der Waals surface area contributed by atoms with Crippen molar-refractivity contribution in [2.24, 2.45) is 0 Å². The van der Waals surface area contributed by atoms with Crippen LogP contribution in [-0.2, 0) is 0 Å². The average molecular weight is 149 g/mol. The van der Waals surface area contributed by atoms with Gasteiger partial charge in [-0.25, -0.2) is 0 Å². The van der Waals surface area contributed by atoms with Gasteiger partial charge in [0, 0.05) is 0 Å². The number of benzene rings is 1. The normalized spacial score (nSPS) is 10.6. The first-order valence-electron chi connectivity index (χ1n) is 4.09. The van der Waals surface area contributed by atoms with E-state index >= 15 is 0 Å². The van der Waals surface area contributed by atoms with Crippen LogP contribution >= 0.6 is 0 Å². The standard InChI is InChI=1S/C10H8N.Li/c1-8-4-5-10-9(7-8)3-2-6-11-10;/h2,4-7H,1H3;. The monoisotopic (exact) mass is 149 g/mol. The summed E-state index contributed by atoms with van der Waals surface area (Å²) >= 11 is 2.11. The van der Waals surface area contributed by atoms with Crippen LogP contribution in [0, 0.1) is 6.92 Å². The number of fused-ring (bicyclic) bond motifs is 1. The summed E-state index contributed by atoms with van der Waals surface area (Å²) in [6.07, 6.45) is 1.85. The fourth-order valence-electron chi connectivity index (χ4n) is 1.40. The molecule has 0 atom stereocenters. The Bertz CT molecular complexity index is 423. The summed E-state index contributed by atoms with van der Waals surface area (Å²) in [5.74, 6) is 0. The Morgan fingerprint density at radius 3 is 2.92 bits per heavy atom. The SMILES string of the molecule is [Li][c]1ccnc2ccc(C)cc12. The van der Waals surface area contributed by atoms with E-state index < -0.39 is 0 Å². The van der Waals surface area contributed by atoms with E-state index in [-0.39, 0.29) is 0 Å². The molecule has 2 aromatic rings. The molecule has 0 spiro atoms. The molecule has 54 valence electrons. The second-order valence-electron chi connectivity index (χ2n) is 3.15. The fraction of sp³-hybridized carbons (Fsp3) is 0.100. The Labute approximate surface area is 81.0 Å². The first kappa shape index (κ1) is 7.85. The van der Waals surface area contributed by atoms with E-state index in [0.717, 1.165) is 5.52 Å². The Balaban J connectivity index is 2.88. The molecular formula is C10H8LiN. The van der Waals surface area contributed by atoms with Crippen molar-refractivity contribution in [3.63, 3.8) is 0 Å². The van der Waals surface area contributed by atoms with Crippen LogP contribution in [0.3, 0.4) is 0 Å². The molecule has 2 heteroatoms. The number of hydrogen-bond acceptors (Lipinski definition) is 1. The van der Waals surface area contributed by atoms with Crippen LogP contribution in [0.15, 0.2) is 30.5 Å². The van der Waals surface area contributed by atoms with E-state index in [1.54, 1.807) is 0 Å². The Morgan fingerprint density at radius 1 is 1.25 bits per heavy atom. The number of aryl methyl sites for hydroxylation is 1. The van der Waals surface area contributed by atoms with Crippen molar-refractivity contribution < 1.29 is 0 Å². The van der Waals surface area contributed by atoms with Gasteiger partial charge in [-0.3, -0.25) is 0 Å². The Kier molecular flexibility index (Phi) is 1.92. The number of pyridine rings is 1. The minimum absolute atomic E-state index is 1.08. The summed E-state index contributed by atoms with van der Waals surface area (Å²) in [7, 11) is 0. The molecule has 0 aliphatic rings. The van der Waals surface area contributed by atoms with Crippen molar-refractivity contribution in [2.45, 2.75) is 6.92 Å². The summed E-state index contributed by atoms with van der Waals surface area (Å²) < 4.78 is 1.30. The third-order valence-corrected chi connectivity index (χ3v) is 2.12. The van der Waals surface area contributed by atoms with Crippen molar-refractivity contribution in [1.29, 1.82) is 0 Å². The zero-order valence-electron chi connectivity index (χ0n) is 7.33. The second kappa shape index (κ2) is 2.93. The molecule has 1 heterocycles. The summed E-state index contributed by atoms with van der Waals surface area (Å²) in [5.41, 5.74) is 2.37. The average Bonchev–Trinajstić information content (AvgIpc) is 2.07. The van der Waals surface area contributed by atoms with Gasteiger partial charge in [0.05, 0.1) is 0 Å². The Hall–Kier alpha value is -0.773. The first-order valence-corrected chi connectivity index (χ1v) is 4.09. The molecule has 0 bridgehead atoms. The van der Waals surface area contributed by atoms with Gasteiger partial charge in [0.15, 0.2) is 0 Å². The molecule has 0 radical (unpaired) electrons. The molecule has 12 heavy (non-hydrogen) atoms. The summed E-state index contributed by atoms with van der Waals surface area (Å²) in [5, 5.41) is 1.26. The van der Waals surface area contributed by atoms with Gasteiger partial charge < -0.3 is 0 Å². The molecule has 0 amide bonds. The first-order chi connectivity index (χ1) is 5.77. The van der Waals surface area contributed by atoms with Gasteiger partial charge >= 0.3 is 80.8 Å². The number of aromatic nitrogens is 1. The third kappa shape index (κ3) is 1.26. The third-order valence-electron chi connectivity index (χ3n) is 2.12. The molecule has 2 rings (SSSR count). The predicted molar refractivity (Wildman–Crippen MR) is 51.9 cm³/mol. The van der Waals surface area contributed by atoms with Gasteiger partial charge in [-0.05, 0) is 0 Å². The van der Waals surface area contributed by atoms with Crippen LogP contribution in [-0.4, -0.2) is 22.7 Å². The van der Waals surface area contributed by atoms with Gasteiger partial charge in [-0.1, -0.05) is 0 Å². The number of hydrogen-bond donors (Lipinski definition) is 0. The molecule has 0 N–H and O–H groups in total. The minimum atomic E-state index is 1.08. The Morgan fingerprint density at radius 2 is 2.08 bits per heavy atom. The van der Waals surface area contributed by atoms with Crippen molar-refractivity contribution in [1.82, 2.24) is 4.98 Å². The molecule has 0 aliphatic carbocycles. The van der Waals surface area contributed by atoms with Crippen LogP contribution < -0.4 is 4.24 Å². The fourth-order valence-corrected chi connectivity index (χ4v) is 1.40. The molecule has 0 saturated heterocycles. The topological polar surface area (TPSA) is 12.9 Å². The predicted octanol–water partition coefficient (Wildman–Crippen LogP) is 1.34. The zero-order chi connectivity index (χ0) is 8.55. The van der Waals surface area contributed by atoms with E-state index in [1.165, 1.54) is 15.2 Å². The summed E-state index contributed by atoms with van der Waals surface area (Å²) in [6, 6.07) is 8.38. The van der Waals surface area contributed by atoms with Crippen molar-refractivity contribution in [3.05, 3.63) is 36.0 Å². The van der Waals surface area contributed by atoms with E-state index in [4.69, 9.17) is 0 Å². The molecule has 0 unspecified atom stereocenters. The van der Waals surface area contributed by atoms with E-state index in [2.05, 4.69) is 47.8 Å². The molecule has 0 saturated carbocycles. The maximum absolute atomic E-state index is 4.28. The molecule has 1 nitrogen and oxygen atoms in total. The summed E-state index contributed by atoms with van der Waals surface area (Å²) in [4.78, 5) is 4.28. The van der Waals surface area contributed by atoms with Crippen molar-refractivity contribution >= 4 is 32.9 Å². The van der Waals surface area contributed by atoms with E-state index in [1.807, 2.05) is 12.3 Å². The van der Waals surface area contributed by atoms with Crippen LogP contribution in [0.2, 0.25) is 0 Å². The van der Waals surface area contributed by atoms with Gasteiger partial charge in [0.2, 0.25) is 0 Å². The van der Waals surface area contributed by atoms with Crippen molar-refractivity contribution in [3.8, 4) is 0 Å². The van der Waals surface area contributed by atoms with Crippen LogP contribution in [0.1, 0.15) is 5.56 Å². The maximum atomic E-state index is 4.28. The molecule has 1 aromatic heterocycles. The second-order valence-corrected chi connectivity index (χ2v) is 3.15. The molecule has 0 fully saturated rings. The van der Waals surface area contributed by atoms with Crippen LogP contribution in [0.4, 0.5) is 0 Å². The molecule has 1 aromatic carbocycles. The van der Waals surface area contributed by atoms with Crippen LogP contribution in [0.5, 0.6) is 0 Å². The van der Waals surface area contributed by atoms with E-state index in [0.29, 0.717) is 0 Å². The number of rotatable bonds is 0. The van der Waals surface area contributed by atoms with E-state index in [9.17, 15) is 0 Å². The van der Waals surface area contributed by atoms with Crippen LogP contribution in [0.25, 0.3) is 10.9 Å². The molecule has 0 aliphatic heterocycles. The molecular weight excluding hydrogens is 141 g/mol. The van der Waals surface area contributed by atoms with Gasteiger partial charge in [0.1, 0.15) is 0 Å². The summed E-state index contributed by atoms with van der Waals surface area (Å²) in [6.45, 7) is 2.10. The van der Waals surface area contributed by atoms with Gasteiger partial charge in [-0.15, -0.1) is 0 Å². The zero-order valence-corrected chi connectivity index (χ0v) is 7.33. The van der Waals surface area contributed by atoms with Gasteiger partial charge in [-0.2, -0.15) is 0 Å². The van der Waals surface area contributed by atoms with Crippen molar-refractivity contribution in [2.75, 3.05) is 0 Å². The van der Waals surface area contributed by atoms with Gasteiger partial charge in [0.25, 0.3) is 0 Å². The quantitative estimate of drug-likeness (QED) is 0.515.